The van der Waals surface area contributed by atoms with E-state index in [1.54, 1.807) is 0 Å². The van der Waals surface area contributed by atoms with Crippen molar-refractivity contribution in [1.82, 2.24) is 0 Å². The number of nitrogens with one attached hydrogen (secondary N) is 1. The van der Waals surface area contributed by atoms with E-state index in [1.165, 1.54) is 36.4 Å². The second kappa shape index (κ2) is 8.89. The fraction of sp³-hybridized carbons (Fsp3) is 0.167. The van der Waals surface area contributed by atoms with Gasteiger partial charge in [0.2, 0.25) is 0 Å². The Morgan fingerprint density at radius 3 is 2.29 bits per heavy atom. The number of benzene rings is 2. The maximum Gasteiger partial charge on any atom is 0.416 e. The second-order valence-electron chi connectivity index (χ2n) is 5.48. The summed E-state index contributed by atoms with van der Waals surface area (Å²) in [4.78, 5) is 34.0. The van der Waals surface area contributed by atoms with Crippen molar-refractivity contribution in [2.45, 2.75) is 6.18 Å². The lowest BCUT2D eigenvalue weighted by atomic mass is 10.2. The van der Waals surface area contributed by atoms with Crippen molar-refractivity contribution < 1.29 is 37.0 Å². The fourth-order valence-corrected chi connectivity index (χ4v) is 2.03. The van der Waals surface area contributed by atoms with Gasteiger partial charge in [-0.25, -0.2) is 4.79 Å². The molecule has 0 fully saturated rings. The third-order valence-corrected chi connectivity index (χ3v) is 3.28. The van der Waals surface area contributed by atoms with Gasteiger partial charge < -0.3 is 20.5 Å². The molecule has 0 unspecified atom stereocenters. The van der Waals surface area contributed by atoms with Crippen molar-refractivity contribution in [3.05, 3.63) is 59.7 Å². The van der Waals surface area contributed by atoms with Crippen LogP contribution >= 0.6 is 0 Å². The van der Waals surface area contributed by atoms with E-state index in [0.29, 0.717) is 0 Å². The van der Waals surface area contributed by atoms with Crippen LogP contribution in [-0.4, -0.2) is 31.0 Å². The molecule has 28 heavy (non-hydrogen) atoms. The third kappa shape index (κ3) is 6.31. The number of hydrogen-bond donors (Lipinski definition) is 2. The molecule has 148 valence electrons. The van der Waals surface area contributed by atoms with Gasteiger partial charge in [0.15, 0.2) is 13.2 Å². The first-order chi connectivity index (χ1) is 13.1. The van der Waals surface area contributed by atoms with E-state index in [9.17, 15) is 27.6 Å². The van der Waals surface area contributed by atoms with Crippen LogP contribution in [-0.2, 0) is 20.5 Å². The molecule has 2 amide bonds. The lowest BCUT2D eigenvalue weighted by Crippen LogP contribution is -2.21. The number of primary amides is 1. The molecule has 7 nitrogen and oxygen atoms in total. The minimum atomic E-state index is -4.52. The summed E-state index contributed by atoms with van der Waals surface area (Å²) in [6.45, 7) is -1.01. The lowest BCUT2D eigenvalue weighted by molar-refractivity contribution is -0.137. The number of ether oxygens (including phenoxy) is 2. The average Bonchev–Trinajstić information content (AvgIpc) is 2.64. The Labute approximate surface area is 157 Å². The van der Waals surface area contributed by atoms with Gasteiger partial charge in [-0.05, 0) is 42.5 Å². The zero-order chi connectivity index (χ0) is 20.7. The predicted molar refractivity (Wildman–Crippen MR) is 91.5 cm³/mol. The van der Waals surface area contributed by atoms with Crippen LogP contribution in [0.2, 0.25) is 0 Å². The van der Waals surface area contributed by atoms with Crippen LogP contribution in [0, 0.1) is 0 Å². The minimum Gasteiger partial charge on any atom is -0.484 e. The molecule has 0 aliphatic carbocycles. The van der Waals surface area contributed by atoms with Crippen molar-refractivity contribution in [2.75, 3.05) is 18.5 Å². The Kier molecular flexibility index (Phi) is 6.59. The highest BCUT2D eigenvalue weighted by atomic mass is 19.4. The Balaban J connectivity index is 1.87. The van der Waals surface area contributed by atoms with Crippen LogP contribution in [0.15, 0.2) is 48.5 Å². The van der Waals surface area contributed by atoms with Gasteiger partial charge in [-0.15, -0.1) is 0 Å². The van der Waals surface area contributed by atoms with E-state index in [-0.39, 0.29) is 17.0 Å². The van der Waals surface area contributed by atoms with Crippen molar-refractivity contribution in [2.24, 2.45) is 5.73 Å². The summed E-state index contributed by atoms with van der Waals surface area (Å²) in [5.41, 5.74) is 4.10. The highest BCUT2D eigenvalue weighted by Gasteiger charge is 2.30. The van der Waals surface area contributed by atoms with Gasteiger partial charge in [-0.1, -0.05) is 6.07 Å². The van der Waals surface area contributed by atoms with Crippen LogP contribution in [0.3, 0.4) is 0 Å². The number of alkyl halides is 3. The van der Waals surface area contributed by atoms with Crippen molar-refractivity contribution in [3.63, 3.8) is 0 Å². The number of anilines is 1. The quantitative estimate of drug-likeness (QED) is 0.699. The predicted octanol–water partition coefficient (Wildman–Crippen LogP) is 2.37. The number of carbonyl (C=O) groups is 3. The Morgan fingerprint density at radius 1 is 1.00 bits per heavy atom. The van der Waals surface area contributed by atoms with Gasteiger partial charge in [-0.2, -0.15) is 13.2 Å². The first-order valence-electron chi connectivity index (χ1n) is 7.80. The number of rotatable bonds is 7. The molecule has 0 aliphatic heterocycles. The summed E-state index contributed by atoms with van der Waals surface area (Å²) < 4.78 is 47.8. The zero-order valence-electron chi connectivity index (χ0n) is 14.3. The van der Waals surface area contributed by atoms with Gasteiger partial charge in [0.1, 0.15) is 5.75 Å². The molecule has 2 aromatic carbocycles. The SMILES string of the molecule is NC(=O)COC(=O)c1ccc(OCC(=O)Nc2cccc(C(F)(F)F)c2)cc1. The number of hydrogen-bond acceptors (Lipinski definition) is 5. The number of halogens is 3. The van der Waals surface area contributed by atoms with Crippen molar-refractivity contribution >= 4 is 23.5 Å². The van der Waals surface area contributed by atoms with Gasteiger partial charge in [-0.3, -0.25) is 9.59 Å². The molecule has 0 bridgehead atoms. The largest absolute Gasteiger partial charge is 0.484 e. The molecule has 0 aliphatic rings. The molecule has 10 heteroatoms. The molecule has 2 aromatic rings. The molecule has 0 aromatic heterocycles. The monoisotopic (exact) mass is 396 g/mol. The number of nitrogens with two attached hydrogens (primary N) is 1. The number of carbonyl (C=O) groups excluding carboxylic acids is 3. The maximum absolute atomic E-state index is 12.7. The Bertz CT molecular complexity index is 866. The van der Waals surface area contributed by atoms with E-state index in [2.05, 4.69) is 10.1 Å². The summed E-state index contributed by atoms with van der Waals surface area (Å²) in [6, 6.07) is 9.67. The molecule has 0 saturated heterocycles. The molecule has 2 rings (SSSR count). The molecule has 0 atom stereocenters. The van der Waals surface area contributed by atoms with Crippen LogP contribution in [0.5, 0.6) is 5.75 Å². The van der Waals surface area contributed by atoms with Crippen molar-refractivity contribution in [1.29, 1.82) is 0 Å². The molecule has 0 heterocycles. The third-order valence-electron chi connectivity index (χ3n) is 3.28. The van der Waals surface area contributed by atoms with Crippen LogP contribution in [0.25, 0.3) is 0 Å². The second-order valence-corrected chi connectivity index (χ2v) is 5.48. The first-order valence-corrected chi connectivity index (χ1v) is 7.80. The average molecular weight is 396 g/mol. The minimum absolute atomic E-state index is 0.0176. The van der Waals surface area contributed by atoms with Gasteiger partial charge in [0.25, 0.3) is 11.8 Å². The van der Waals surface area contributed by atoms with Gasteiger partial charge in [0, 0.05) is 5.69 Å². The van der Waals surface area contributed by atoms with Crippen LogP contribution < -0.4 is 15.8 Å². The number of esters is 1. The summed E-state index contributed by atoms with van der Waals surface area (Å²) >= 11 is 0. The fourth-order valence-electron chi connectivity index (χ4n) is 2.03. The smallest absolute Gasteiger partial charge is 0.416 e. The summed E-state index contributed by atoms with van der Waals surface area (Å²) in [6.07, 6.45) is -4.52. The van der Waals surface area contributed by atoms with Crippen molar-refractivity contribution in [3.8, 4) is 5.75 Å². The topological polar surface area (TPSA) is 108 Å². The van der Waals surface area contributed by atoms with E-state index in [0.717, 1.165) is 12.1 Å². The Morgan fingerprint density at radius 2 is 1.68 bits per heavy atom. The summed E-state index contributed by atoms with van der Waals surface area (Å²) in [7, 11) is 0. The highest BCUT2D eigenvalue weighted by molar-refractivity contribution is 5.92. The normalized spacial score (nSPS) is 10.8. The van der Waals surface area contributed by atoms with Crippen LogP contribution in [0.4, 0.5) is 18.9 Å². The Hall–Kier alpha value is -3.56. The van der Waals surface area contributed by atoms with Gasteiger partial charge >= 0.3 is 12.1 Å². The standard InChI is InChI=1S/C18H15F3N2O5/c19-18(20,21)12-2-1-3-13(8-12)23-16(25)10-27-14-6-4-11(5-7-14)17(26)28-9-15(22)24/h1-8H,9-10H2,(H2,22,24)(H,23,25). The van der Waals surface area contributed by atoms with E-state index in [4.69, 9.17) is 10.5 Å². The first kappa shape index (κ1) is 20.7. The molecule has 3 N–H and O–H groups in total. The molecule has 0 radical (unpaired) electrons. The molecule has 0 spiro atoms. The molecular weight excluding hydrogens is 381 g/mol. The van der Waals surface area contributed by atoms with E-state index >= 15 is 0 Å². The van der Waals surface area contributed by atoms with E-state index < -0.39 is 42.7 Å². The lowest BCUT2D eigenvalue weighted by Gasteiger charge is -2.10. The summed E-state index contributed by atoms with van der Waals surface area (Å²) in [5.74, 6) is -1.97. The van der Waals surface area contributed by atoms with Gasteiger partial charge in [0.05, 0.1) is 11.1 Å². The van der Waals surface area contributed by atoms with E-state index in [1.807, 2.05) is 0 Å². The molecular formula is C18H15F3N2O5. The summed E-state index contributed by atoms with van der Waals surface area (Å²) in [5, 5.41) is 2.30. The molecule has 0 saturated carbocycles. The maximum atomic E-state index is 12.7. The number of amides is 2. The zero-order valence-corrected chi connectivity index (χ0v) is 14.3. The van der Waals surface area contributed by atoms with Crippen LogP contribution in [0.1, 0.15) is 15.9 Å². The highest BCUT2D eigenvalue weighted by Crippen LogP contribution is 2.30.